The van der Waals surface area contributed by atoms with E-state index in [0.29, 0.717) is 32.7 Å². The summed E-state index contributed by atoms with van der Waals surface area (Å²) in [6.45, 7) is 3.96. The molecule has 0 unspecified atom stereocenters. The highest BCUT2D eigenvalue weighted by molar-refractivity contribution is 5.78. The van der Waals surface area contributed by atoms with Crippen molar-refractivity contribution >= 4 is 11.6 Å². The summed E-state index contributed by atoms with van der Waals surface area (Å²) in [7, 11) is 1.69. The molecule has 0 bridgehead atoms. The number of nitrogens with one attached hydrogen (secondary N) is 1. The van der Waals surface area contributed by atoms with Crippen LogP contribution >= 0.6 is 0 Å². The van der Waals surface area contributed by atoms with Crippen LogP contribution in [0.4, 0.5) is 5.69 Å². The zero-order valence-corrected chi connectivity index (χ0v) is 20.4. The van der Waals surface area contributed by atoms with Crippen molar-refractivity contribution in [2.75, 3.05) is 31.6 Å². The minimum absolute atomic E-state index is 0.0640. The third-order valence-electron chi connectivity index (χ3n) is 6.23. The standard InChI is InChI=1S/C28H30N6O2/c1-36-27-8-3-6-23(16-27)19-33(18-22-5-2-7-26(15-22)34-13-4-10-31-34)25-9-11-29-24(17-25)20-32-14-12-30-28(35)21-32/h2-11,13,15-17H,12,14,18-21H2,1H3,(H,30,35). The lowest BCUT2D eigenvalue weighted by atomic mass is 10.1. The van der Waals surface area contributed by atoms with E-state index in [0.717, 1.165) is 34.9 Å². The van der Waals surface area contributed by atoms with E-state index in [9.17, 15) is 4.79 Å². The van der Waals surface area contributed by atoms with Crippen molar-refractivity contribution in [2.24, 2.45) is 0 Å². The minimum atomic E-state index is 0.0640. The minimum Gasteiger partial charge on any atom is -0.497 e. The summed E-state index contributed by atoms with van der Waals surface area (Å²) >= 11 is 0. The normalized spacial score (nSPS) is 13.9. The number of carbonyl (C=O) groups is 1. The van der Waals surface area contributed by atoms with Crippen molar-refractivity contribution in [1.82, 2.24) is 25.0 Å². The van der Waals surface area contributed by atoms with Gasteiger partial charge in [-0.05, 0) is 53.6 Å². The molecule has 0 atom stereocenters. The Morgan fingerprint density at radius 1 is 1.00 bits per heavy atom. The van der Waals surface area contributed by atoms with E-state index in [4.69, 9.17) is 4.74 Å². The second-order valence-electron chi connectivity index (χ2n) is 8.89. The number of hydrogen-bond donors (Lipinski definition) is 1. The molecule has 0 spiro atoms. The van der Waals surface area contributed by atoms with E-state index in [1.165, 1.54) is 5.56 Å². The summed E-state index contributed by atoms with van der Waals surface area (Å²) in [5.74, 6) is 0.904. The van der Waals surface area contributed by atoms with Gasteiger partial charge in [-0.3, -0.25) is 14.7 Å². The van der Waals surface area contributed by atoms with Crippen LogP contribution < -0.4 is 15.0 Å². The Bertz CT molecular complexity index is 1310. The van der Waals surface area contributed by atoms with Crippen LogP contribution in [0.5, 0.6) is 5.75 Å². The van der Waals surface area contributed by atoms with Gasteiger partial charge in [0.05, 0.1) is 25.0 Å². The fraction of sp³-hybridized carbons (Fsp3) is 0.250. The smallest absolute Gasteiger partial charge is 0.234 e. The molecule has 184 valence electrons. The van der Waals surface area contributed by atoms with Gasteiger partial charge in [0.2, 0.25) is 5.91 Å². The Morgan fingerprint density at radius 3 is 2.61 bits per heavy atom. The van der Waals surface area contributed by atoms with Gasteiger partial charge in [0.15, 0.2) is 0 Å². The highest BCUT2D eigenvalue weighted by Gasteiger charge is 2.18. The number of aromatic nitrogens is 3. The summed E-state index contributed by atoms with van der Waals surface area (Å²) in [4.78, 5) is 20.9. The number of benzene rings is 2. The monoisotopic (exact) mass is 482 g/mol. The van der Waals surface area contributed by atoms with Crippen LogP contribution in [0, 0.1) is 0 Å². The fourth-order valence-electron chi connectivity index (χ4n) is 4.47. The largest absolute Gasteiger partial charge is 0.497 e. The number of methoxy groups -OCH3 is 1. The molecule has 3 heterocycles. The van der Waals surface area contributed by atoms with Gasteiger partial charge in [0.25, 0.3) is 0 Å². The van der Waals surface area contributed by atoms with Gasteiger partial charge < -0.3 is 15.0 Å². The summed E-state index contributed by atoms with van der Waals surface area (Å²) < 4.78 is 7.32. The van der Waals surface area contributed by atoms with Crippen molar-refractivity contribution in [1.29, 1.82) is 0 Å². The molecule has 0 radical (unpaired) electrons. The molecule has 2 aromatic carbocycles. The number of hydrogen-bond acceptors (Lipinski definition) is 6. The number of amides is 1. The summed E-state index contributed by atoms with van der Waals surface area (Å²) in [5, 5.41) is 7.25. The topological polar surface area (TPSA) is 75.5 Å². The van der Waals surface area contributed by atoms with E-state index < -0.39 is 0 Å². The van der Waals surface area contributed by atoms with Gasteiger partial charge in [-0.15, -0.1) is 0 Å². The van der Waals surface area contributed by atoms with Crippen LogP contribution in [-0.2, 0) is 24.4 Å². The Balaban J connectivity index is 1.42. The first-order valence-corrected chi connectivity index (χ1v) is 12.1. The van der Waals surface area contributed by atoms with Crippen LogP contribution in [-0.4, -0.2) is 52.3 Å². The van der Waals surface area contributed by atoms with E-state index in [1.807, 2.05) is 41.3 Å². The van der Waals surface area contributed by atoms with Crippen LogP contribution in [0.2, 0.25) is 0 Å². The van der Waals surface area contributed by atoms with Crippen LogP contribution in [0.1, 0.15) is 16.8 Å². The van der Waals surface area contributed by atoms with Crippen molar-refractivity contribution in [2.45, 2.75) is 19.6 Å². The molecule has 8 nitrogen and oxygen atoms in total. The quantitative estimate of drug-likeness (QED) is 0.394. The number of nitrogens with zero attached hydrogens (tertiary/aromatic N) is 5. The maximum atomic E-state index is 11.8. The molecule has 0 aliphatic carbocycles. The van der Waals surface area contributed by atoms with Gasteiger partial charge in [-0.25, -0.2) is 4.68 Å². The zero-order valence-electron chi connectivity index (χ0n) is 20.4. The Kier molecular flexibility index (Phi) is 7.23. The molecular formula is C28H30N6O2. The van der Waals surface area contributed by atoms with Crippen molar-refractivity contribution in [3.05, 3.63) is 102 Å². The number of anilines is 1. The SMILES string of the molecule is COc1cccc(CN(Cc2cccc(-n3cccn3)c2)c2ccnc(CN3CCNC(=O)C3)c2)c1. The van der Waals surface area contributed by atoms with Crippen LogP contribution in [0.3, 0.4) is 0 Å². The summed E-state index contributed by atoms with van der Waals surface area (Å²) in [6.07, 6.45) is 5.59. The lowest BCUT2D eigenvalue weighted by Gasteiger charge is -2.28. The molecule has 1 N–H and O–H groups in total. The molecule has 4 aromatic rings. The first kappa shape index (κ1) is 23.6. The molecule has 1 saturated heterocycles. The molecule has 1 fully saturated rings. The second-order valence-corrected chi connectivity index (χ2v) is 8.89. The zero-order chi connectivity index (χ0) is 24.7. The molecule has 5 rings (SSSR count). The number of pyridine rings is 1. The van der Waals surface area contributed by atoms with E-state index in [-0.39, 0.29) is 5.91 Å². The van der Waals surface area contributed by atoms with Crippen molar-refractivity contribution in [3.8, 4) is 11.4 Å². The molecule has 36 heavy (non-hydrogen) atoms. The number of carbonyl (C=O) groups excluding carboxylic acids is 1. The lowest BCUT2D eigenvalue weighted by molar-refractivity contribution is -0.124. The summed E-state index contributed by atoms with van der Waals surface area (Å²) in [6, 6.07) is 22.7. The highest BCUT2D eigenvalue weighted by Crippen LogP contribution is 2.24. The van der Waals surface area contributed by atoms with Gasteiger partial charge in [0.1, 0.15) is 5.75 Å². The van der Waals surface area contributed by atoms with Gasteiger partial charge >= 0.3 is 0 Å². The number of ether oxygens (including phenoxy) is 1. The van der Waals surface area contributed by atoms with Crippen molar-refractivity contribution < 1.29 is 9.53 Å². The van der Waals surface area contributed by atoms with E-state index in [2.05, 4.69) is 67.7 Å². The molecule has 8 heteroatoms. The fourth-order valence-corrected chi connectivity index (χ4v) is 4.47. The Morgan fingerprint density at radius 2 is 1.83 bits per heavy atom. The Hall–Kier alpha value is -4.17. The van der Waals surface area contributed by atoms with Crippen LogP contribution in [0.25, 0.3) is 5.69 Å². The number of piperazine rings is 1. The average Bonchev–Trinajstić information content (AvgIpc) is 3.44. The molecule has 0 saturated carbocycles. The lowest BCUT2D eigenvalue weighted by Crippen LogP contribution is -2.47. The predicted octanol–water partition coefficient (Wildman–Crippen LogP) is 3.41. The molecule has 2 aromatic heterocycles. The van der Waals surface area contributed by atoms with E-state index >= 15 is 0 Å². The number of rotatable bonds is 9. The first-order valence-electron chi connectivity index (χ1n) is 12.1. The molecular weight excluding hydrogens is 452 g/mol. The molecule has 1 amide bonds. The predicted molar refractivity (Wildman–Crippen MR) is 139 cm³/mol. The van der Waals surface area contributed by atoms with E-state index in [1.54, 1.807) is 13.3 Å². The third-order valence-corrected chi connectivity index (χ3v) is 6.23. The van der Waals surface area contributed by atoms with Crippen LogP contribution in [0.15, 0.2) is 85.3 Å². The molecule has 1 aliphatic rings. The third kappa shape index (κ3) is 5.90. The maximum Gasteiger partial charge on any atom is 0.234 e. The maximum absolute atomic E-state index is 11.8. The highest BCUT2D eigenvalue weighted by atomic mass is 16.5. The first-order chi connectivity index (χ1) is 17.7. The second kappa shape index (κ2) is 11.0. The van der Waals surface area contributed by atoms with Gasteiger partial charge in [-0.1, -0.05) is 24.3 Å². The van der Waals surface area contributed by atoms with Gasteiger partial charge in [-0.2, -0.15) is 5.10 Å². The summed E-state index contributed by atoms with van der Waals surface area (Å²) in [5.41, 5.74) is 5.38. The van der Waals surface area contributed by atoms with Gasteiger partial charge in [0, 0.05) is 57.0 Å². The average molecular weight is 483 g/mol. The Labute approximate surface area is 211 Å². The molecule has 1 aliphatic heterocycles. The van der Waals surface area contributed by atoms with Crippen molar-refractivity contribution in [3.63, 3.8) is 0 Å².